The van der Waals surface area contributed by atoms with Crippen LogP contribution in [0.1, 0.15) is 44.4 Å². The second-order valence-corrected chi connectivity index (χ2v) is 9.25. The lowest BCUT2D eigenvalue weighted by Gasteiger charge is -2.27. The van der Waals surface area contributed by atoms with E-state index in [-0.39, 0.29) is 17.4 Å². The molecule has 0 radical (unpaired) electrons. The highest BCUT2D eigenvalue weighted by Gasteiger charge is 2.46. The first-order valence-corrected chi connectivity index (χ1v) is 12.2. The first kappa shape index (κ1) is 27.1. The van der Waals surface area contributed by atoms with Crippen LogP contribution in [0.4, 0.5) is 0 Å². The summed E-state index contributed by atoms with van der Waals surface area (Å²) in [5.41, 5.74) is 1.12. The molecule has 194 valence electrons. The monoisotopic (exact) mass is 496 g/mol. The number of hydrogen-bond acceptors (Lipinski definition) is 7. The van der Waals surface area contributed by atoms with E-state index in [1.807, 2.05) is 39.8 Å². The molecule has 1 aliphatic rings. The lowest BCUT2D eigenvalue weighted by molar-refractivity contribution is -0.140. The number of benzene rings is 2. The topological polar surface area (TPSA) is 88.5 Å². The van der Waals surface area contributed by atoms with Gasteiger partial charge in [0.15, 0.2) is 11.5 Å². The Hall–Kier alpha value is -3.52. The Bertz CT molecular complexity index is 1110. The summed E-state index contributed by atoms with van der Waals surface area (Å²) >= 11 is 0. The normalized spacial score (nSPS) is 17.2. The van der Waals surface area contributed by atoms with Crippen LogP contribution in [0.15, 0.2) is 48.0 Å². The van der Waals surface area contributed by atoms with Gasteiger partial charge in [-0.05, 0) is 76.3 Å². The summed E-state index contributed by atoms with van der Waals surface area (Å²) in [6.45, 7) is 7.27. The van der Waals surface area contributed by atoms with Crippen molar-refractivity contribution in [2.75, 3.05) is 40.9 Å². The molecule has 1 N–H and O–H groups in total. The Morgan fingerprint density at radius 1 is 1.08 bits per heavy atom. The Kier molecular flexibility index (Phi) is 8.98. The standard InChI is InChI=1S/C28H36N2O6/c1-7-16-35-22-13-10-20(17-23(22)34-6)25-24(27(32)28(33)30(25)15-14-29(4)5)26(31)19-8-11-21(12-9-19)36-18(2)3/h8-13,17-18,25,31H,7,14-16H2,1-6H3/b26-24+/t25-/m1/s1. The van der Waals surface area contributed by atoms with Gasteiger partial charge in [-0.3, -0.25) is 9.59 Å². The summed E-state index contributed by atoms with van der Waals surface area (Å²) in [4.78, 5) is 29.8. The number of rotatable bonds is 11. The number of Topliss-reactive ketones (excluding diaryl/α,β-unsaturated/α-hetero) is 1. The SMILES string of the molecule is CCCOc1ccc([C@@H]2/C(=C(\O)c3ccc(OC(C)C)cc3)C(=O)C(=O)N2CCN(C)C)cc1OC. The molecule has 2 aromatic carbocycles. The third-order valence-electron chi connectivity index (χ3n) is 5.79. The van der Waals surface area contributed by atoms with Crippen LogP contribution in [0.2, 0.25) is 0 Å². The molecular weight excluding hydrogens is 460 g/mol. The van der Waals surface area contributed by atoms with Crippen LogP contribution < -0.4 is 14.2 Å². The third-order valence-corrected chi connectivity index (χ3v) is 5.79. The number of methoxy groups -OCH3 is 1. The van der Waals surface area contributed by atoms with Gasteiger partial charge in [-0.25, -0.2) is 0 Å². The van der Waals surface area contributed by atoms with Gasteiger partial charge >= 0.3 is 0 Å². The van der Waals surface area contributed by atoms with Crippen LogP contribution in [-0.4, -0.2) is 73.6 Å². The minimum atomic E-state index is -0.773. The second kappa shape index (κ2) is 11.9. The summed E-state index contributed by atoms with van der Waals surface area (Å²) in [7, 11) is 5.34. The van der Waals surface area contributed by atoms with Crippen LogP contribution in [0, 0.1) is 0 Å². The van der Waals surface area contributed by atoms with Crippen molar-refractivity contribution in [2.45, 2.75) is 39.3 Å². The van der Waals surface area contributed by atoms with E-state index in [2.05, 4.69) is 0 Å². The summed E-state index contributed by atoms with van der Waals surface area (Å²) in [6.07, 6.45) is 0.849. The van der Waals surface area contributed by atoms with E-state index in [0.717, 1.165) is 6.42 Å². The fraction of sp³-hybridized carbons (Fsp3) is 0.429. The minimum absolute atomic E-state index is 0.00530. The van der Waals surface area contributed by atoms with Gasteiger partial charge in [-0.15, -0.1) is 0 Å². The highest BCUT2D eigenvalue weighted by Crippen LogP contribution is 2.42. The molecule has 1 saturated heterocycles. The van der Waals surface area contributed by atoms with E-state index in [0.29, 0.717) is 48.1 Å². The molecule has 2 aromatic rings. The van der Waals surface area contributed by atoms with Crippen LogP contribution >= 0.6 is 0 Å². The number of aliphatic hydroxyl groups excluding tert-OH is 1. The van der Waals surface area contributed by atoms with Crippen molar-refractivity contribution in [3.63, 3.8) is 0 Å². The molecule has 1 aliphatic heterocycles. The molecule has 8 nitrogen and oxygen atoms in total. The van der Waals surface area contributed by atoms with E-state index >= 15 is 0 Å². The first-order chi connectivity index (χ1) is 17.2. The maximum absolute atomic E-state index is 13.2. The lowest BCUT2D eigenvalue weighted by atomic mass is 9.95. The number of hydrogen-bond donors (Lipinski definition) is 1. The number of nitrogens with zero attached hydrogens (tertiary/aromatic N) is 2. The number of ketones is 1. The zero-order chi connectivity index (χ0) is 26.4. The van der Waals surface area contributed by atoms with Gasteiger partial charge in [0, 0.05) is 18.7 Å². The average Bonchev–Trinajstić information content (AvgIpc) is 3.10. The molecule has 0 bridgehead atoms. The third kappa shape index (κ3) is 5.99. The highest BCUT2D eigenvalue weighted by molar-refractivity contribution is 6.46. The maximum atomic E-state index is 13.2. The largest absolute Gasteiger partial charge is 0.507 e. The van der Waals surface area contributed by atoms with Crippen molar-refractivity contribution in [2.24, 2.45) is 0 Å². The van der Waals surface area contributed by atoms with E-state index in [4.69, 9.17) is 14.2 Å². The Morgan fingerprint density at radius 3 is 2.36 bits per heavy atom. The number of likely N-dealkylation sites (N-methyl/N-ethyl adjacent to an activating group) is 1. The van der Waals surface area contributed by atoms with Crippen molar-refractivity contribution in [3.05, 3.63) is 59.2 Å². The van der Waals surface area contributed by atoms with Gasteiger partial charge in [0.2, 0.25) is 0 Å². The Balaban J connectivity index is 2.10. The fourth-order valence-electron chi connectivity index (χ4n) is 4.07. The number of likely N-dealkylation sites (tertiary alicyclic amines) is 1. The summed E-state index contributed by atoms with van der Waals surface area (Å²) < 4.78 is 17.0. The Morgan fingerprint density at radius 2 is 1.78 bits per heavy atom. The van der Waals surface area contributed by atoms with Gasteiger partial charge in [0.1, 0.15) is 11.5 Å². The van der Waals surface area contributed by atoms with Crippen molar-refractivity contribution in [3.8, 4) is 17.2 Å². The smallest absolute Gasteiger partial charge is 0.295 e. The molecule has 36 heavy (non-hydrogen) atoms. The molecule has 0 saturated carbocycles. The number of amides is 1. The van der Waals surface area contributed by atoms with E-state index in [1.165, 1.54) is 4.90 Å². The van der Waals surface area contributed by atoms with Crippen LogP contribution in [0.5, 0.6) is 17.2 Å². The summed E-state index contributed by atoms with van der Waals surface area (Å²) in [6, 6.07) is 11.4. The van der Waals surface area contributed by atoms with Crippen molar-refractivity contribution in [1.29, 1.82) is 0 Å². The molecule has 0 aliphatic carbocycles. The molecule has 3 rings (SSSR count). The van der Waals surface area contributed by atoms with Crippen molar-refractivity contribution < 1.29 is 28.9 Å². The number of aliphatic hydroxyl groups is 1. The molecule has 1 fully saturated rings. The number of carbonyl (C=O) groups excluding carboxylic acids is 2. The highest BCUT2D eigenvalue weighted by atomic mass is 16.5. The molecule has 1 atom stereocenters. The van der Waals surface area contributed by atoms with E-state index < -0.39 is 17.7 Å². The molecule has 1 heterocycles. The van der Waals surface area contributed by atoms with Gasteiger partial charge in [0.05, 0.1) is 31.4 Å². The lowest BCUT2D eigenvalue weighted by Crippen LogP contribution is -2.35. The van der Waals surface area contributed by atoms with Crippen LogP contribution in [0.3, 0.4) is 0 Å². The van der Waals surface area contributed by atoms with Gasteiger partial charge in [-0.2, -0.15) is 0 Å². The second-order valence-electron chi connectivity index (χ2n) is 9.25. The average molecular weight is 497 g/mol. The number of carbonyl (C=O) groups is 2. The first-order valence-electron chi connectivity index (χ1n) is 12.2. The van der Waals surface area contributed by atoms with Crippen LogP contribution in [-0.2, 0) is 9.59 Å². The van der Waals surface area contributed by atoms with Gasteiger partial charge < -0.3 is 29.1 Å². The minimum Gasteiger partial charge on any atom is -0.507 e. The van der Waals surface area contributed by atoms with Crippen molar-refractivity contribution in [1.82, 2.24) is 9.80 Å². The zero-order valence-electron chi connectivity index (χ0n) is 21.9. The molecule has 0 unspecified atom stereocenters. The van der Waals surface area contributed by atoms with E-state index in [1.54, 1.807) is 49.6 Å². The molecular formula is C28H36N2O6. The molecule has 0 aromatic heterocycles. The van der Waals surface area contributed by atoms with Crippen LogP contribution in [0.25, 0.3) is 5.76 Å². The predicted molar refractivity (Wildman–Crippen MR) is 139 cm³/mol. The molecule has 8 heteroatoms. The zero-order valence-corrected chi connectivity index (χ0v) is 21.9. The predicted octanol–water partition coefficient (Wildman–Crippen LogP) is 4.25. The number of ether oxygens (including phenoxy) is 3. The van der Waals surface area contributed by atoms with Gasteiger partial charge in [0.25, 0.3) is 11.7 Å². The van der Waals surface area contributed by atoms with Gasteiger partial charge in [-0.1, -0.05) is 13.0 Å². The van der Waals surface area contributed by atoms with Crippen molar-refractivity contribution >= 4 is 17.4 Å². The molecule has 0 spiro atoms. The maximum Gasteiger partial charge on any atom is 0.295 e. The summed E-state index contributed by atoms with van der Waals surface area (Å²) in [5, 5.41) is 11.3. The molecule has 1 amide bonds. The fourth-order valence-corrected chi connectivity index (χ4v) is 4.07. The van der Waals surface area contributed by atoms with E-state index in [9.17, 15) is 14.7 Å². The summed E-state index contributed by atoms with van der Waals surface area (Å²) in [5.74, 6) is 0.130. The Labute approximate surface area is 213 Å². The quantitative estimate of drug-likeness (QED) is 0.283.